The lowest BCUT2D eigenvalue weighted by Gasteiger charge is -2.06. The van der Waals surface area contributed by atoms with E-state index in [1.54, 1.807) is 18.2 Å². The lowest BCUT2D eigenvalue weighted by Crippen LogP contribution is -2.05. The molecule has 0 atom stereocenters. The van der Waals surface area contributed by atoms with Crippen molar-refractivity contribution in [2.45, 2.75) is 13.0 Å². The monoisotopic (exact) mass is 253 g/mol. The second-order valence-corrected chi connectivity index (χ2v) is 4.17. The summed E-state index contributed by atoms with van der Waals surface area (Å²) in [6.07, 6.45) is 1.84. The Morgan fingerprint density at radius 2 is 1.79 bits per heavy atom. The van der Waals surface area contributed by atoms with E-state index in [9.17, 15) is 4.79 Å². The van der Waals surface area contributed by atoms with Gasteiger partial charge in [0.15, 0.2) is 0 Å². The molecule has 0 amide bonds. The van der Waals surface area contributed by atoms with Crippen molar-refractivity contribution < 1.29 is 9.53 Å². The first kappa shape index (κ1) is 13.0. The van der Waals surface area contributed by atoms with Gasteiger partial charge in [-0.3, -0.25) is 0 Å². The standard InChI is InChI=1S/C16H15NO2/c17-10-9-13-7-4-8-15(11-13)16(18)19-12-14-5-2-1-3-6-14/h1-8,10-11,17H,9,12H2. The average Bonchev–Trinajstić information content (AvgIpc) is 2.46. The van der Waals surface area contributed by atoms with E-state index in [-0.39, 0.29) is 12.6 Å². The van der Waals surface area contributed by atoms with Gasteiger partial charge >= 0.3 is 5.97 Å². The van der Waals surface area contributed by atoms with E-state index in [2.05, 4.69) is 0 Å². The van der Waals surface area contributed by atoms with E-state index in [1.807, 2.05) is 36.4 Å². The molecule has 3 heteroatoms. The number of carbonyl (C=O) groups excluding carboxylic acids is 1. The highest BCUT2D eigenvalue weighted by molar-refractivity contribution is 5.89. The maximum absolute atomic E-state index is 11.9. The molecule has 0 aromatic heterocycles. The Labute approximate surface area is 112 Å². The molecule has 0 aliphatic heterocycles. The quantitative estimate of drug-likeness (QED) is 0.657. The van der Waals surface area contributed by atoms with Gasteiger partial charge < -0.3 is 10.1 Å². The molecule has 19 heavy (non-hydrogen) atoms. The van der Waals surface area contributed by atoms with E-state index in [0.29, 0.717) is 12.0 Å². The van der Waals surface area contributed by atoms with Gasteiger partial charge in [-0.15, -0.1) is 0 Å². The topological polar surface area (TPSA) is 50.2 Å². The van der Waals surface area contributed by atoms with E-state index in [0.717, 1.165) is 11.1 Å². The van der Waals surface area contributed by atoms with Gasteiger partial charge in [0.05, 0.1) is 5.56 Å². The fraction of sp³-hybridized carbons (Fsp3) is 0.125. The smallest absolute Gasteiger partial charge is 0.338 e. The molecular weight excluding hydrogens is 238 g/mol. The maximum atomic E-state index is 11.9. The van der Waals surface area contributed by atoms with E-state index >= 15 is 0 Å². The molecule has 3 nitrogen and oxygen atoms in total. The van der Waals surface area contributed by atoms with Crippen LogP contribution in [0, 0.1) is 5.41 Å². The number of ether oxygens (including phenoxy) is 1. The minimum atomic E-state index is -0.337. The lowest BCUT2D eigenvalue weighted by atomic mass is 10.1. The number of hydrogen-bond acceptors (Lipinski definition) is 3. The van der Waals surface area contributed by atoms with E-state index < -0.39 is 0 Å². The van der Waals surface area contributed by atoms with Crippen LogP contribution in [0.4, 0.5) is 0 Å². The lowest BCUT2D eigenvalue weighted by molar-refractivity contribution is 0.0472. The van der Waals surface area contributed by atoms with Gasteiger partial charge in [0.2, 0.25) is 0 Å². The molecule has 0 unspecified atom stereocenters. The van der Waals surface area contributed by atoms with Crippen LogP contribution >= 0.6 is 0 Å². The Kier molecular flexibility index (Phi) is 4.45. The molecule has 1 N–H and O–H groups in total. The van der Waals surface area contributed by atoms with Gasteiger partial charge in [0, 0.05) is 6.42 Å². The van der Waals surface area contributed by atoms with Crippen molar-refractivity contribution in [1.29, 1.82) is 5.41 Å². The molecule has 0 saturated carbocycles. The molecule has 0 spiro atoms. The Morgan fingerprint density at radius 3 is 2.53 bits per heavy atom. The van der Waals surface area contributed by atoms with E-state index in [1.165, 1.54) is 6.21 Å². The van der Waals surface area contributed by atoms with Gasteiger partial charge in [0.25, 0.3) is 0 Å². The SMILES string of the molecule is N=CCc1cccc(C(=O)OCc2ccccc2)c1. The summed E-state index contributed by atoms with van der Waals surface area (Å²) in [5, 5.41) is 7.07. The fourth-order valence-corrected chi connectivity index (χ4v) is 1.75. The summed E-state index contributed by atoms with van der Waals surface area (Å²) >= 11 is 0. The number of carbonyl (C=O) groups is 1. The van der Waals surface area contributed by atoms with Gasteiger partial charge in [-0.25, -0.2) is 4.79 Å². The normalized spacial score (nSPS) is 9.89. The first-order chi connectivity index (χ1) is 9.29. The van der Waals surface area contributed by atoms with Crippen LogP contribution in [0.3, 0.4) is 0 Å². The fourth-order valence-electron chi connectivity index (χ4n) is 1.75. The molecule has 0 bridgehead atoms. The van der Waals surface area contributed by atoms with Gasteiger partial charge in [-0.05, 0) is 29.5 Å². The minimum absolute atomic E-state index is 0.272. The Morgan fingerprint density at radius 1 is 1.05 bits per heavy atom. The Hall–Kier alpha value is -2.42. The molecule has 2 rings (SSSR count). The van der Waals surface area contributed by atoms with Gasteiger partial charge in [0.1, 0.15) is 6.61 Å². The third-order valence-electron chi connectivity index (χ3n) is 2.71. The molecule has 0 heterocycles. The zero-order chi connectivity index (χ0) is 13.5. The molecule has 0 saturated heterocycles. The van der Waals surface area contributed by atoms with E-state index in [4.69, 9.17) is 10.1 Å². The number of esters is 1. The van der Waals surface area contributed by atoms with Crippen molar-refractivity contribution in [3.8, 4) is 0 Å². The van der Waals surface area contributed by atoms with Crippen molar-refractivity contribution in [3.63, 3.8) is 0 Å². The summed E-state index contributed by atoms with van der Waals surface area (Å²) < 4.78 is 5.25. The van der Waals surface area contributed by atoms with Crippen molar-refractivity contribution in [2.75, 3.05) is 0 Å². The Balaban J connectivity index is 2.00. The molecule has 2 aromatic rings. The van der Waals surface area contributed by atoms with Crippen LogP contribution in [0.15, 0.2) is 54.6 Å². The second kappa shape index (κ2) is 6.50. The second-order valence-electron chi connectivity index (χ2n) is 4.17. The molecule has 96 valence electrons. The molecule has 2 aromatic carbocycles. The van der Waals surface area contributed by atoms with Crippen molar-refractivity contribution in [3.05, 3.63) is 71.3 Å². The summed E-state index contributed by atoms with van der Waals surface area (Å²) in [6.45, 7) is 0.272. The summed E-state index contributed by atoms with van der Waals surface area (Å²) in [6, 6.07) is 16.8. The summed E-state index contributed by atoms with van der Waals surface area (Å²) in [5.74, 6) is -0.337. The van der Waals surface area contributed by atoms with Crippen LogP contribution in [0.1, 0.15) is 21.5 Å². The zero-order valence-electron chi connectivity index (χ0n) is 10.5. The van der Waals surface area contributed by atoms with Crippen molar-refractivity contribution in [2.24, 2.45) is 0 Å². The molecule has 0 aliphatic carbocycles. The van der Waals surface area contributed by atoms with Crippen molar-refractivity contribution >= 4 is 12.2 Å². The predicted molar refractivity (Wildman–Crippen MR) is 74.5 cm³/mol. The number of benzene rings is 2. The van der Waals surface area contributed by atoms with Crippen LogP contribution in [0.2, 0.25) is 0 Å². The maximum Gasteiger partial charge on any atom is 0.338 e. The minimum Gasteiger partial charge on any atom is -0.457 e. The average molecular weight is 253 g/mol. The number of rotatable bonds is 5. The molecule has 0 fully saturated rings. The summed E-state index contributed by atoms with van der Waals surface area (Å²) in [7, 11) is 0. The highest BCUT2D eigenvalue weighted by Gasteiger charge is 2.07. The number of hydrogen-bond donors (Lipinski definition) is 1. The predicted octanol–water partition coefficient (Wildman–Crippen LogP) is 3.24. The molecular formula is C16H15NO2. The Bertz CT molecular complexity index is 564. The highest BCUT2D eigenvalue weighted by Crippen LogP contribution is 2.09. The van der Waals surface area contributed by atoms with Crippen LogP contribution < -0.4 is 0 Å². The first-order valence-electron chi connectivity index (χ1n) is 6.08. The van der Waals surface area contributed by atoms with Crippen LogP contribution in [0.25, 0.3) is 0 Å². The van der Waals surface area contributed by atoms with Crippen molar-refractivity contribution in [1.82, 2.24) is 0 Å². The van der Waals surface area contributed by atoms with Gasteiger partial charge in [-0.1, -0.05) is 42.5 Å². The molecule has 0 radical (unpaired) electrons. The largest absolute Gasteiger partial charge is 0.457 e. The van der Waals surface area contributed by atoms with Crippen LogP contribution in [-0.4, -0.2) is 12.2 Å². The van der Waals surface area contributed by atoms with Crippen LogP contribution in [0.5, 0.6) is 0 Å². The third kappa shape index (κ3) is 3.78. The zero-order valence-corrected chi connectivity index (χ0v) is 10.5. The summed E-state index contributed by atoms with van der Waals surface area (Å²) in [5.41, 5.74) is 2.42. The van der Waals surface area contributed by atoms with Crippen LogP contribution in [-0.2, 0) is 17.8 Å². The number of nitrogens with one attached hydrogen (secondary N) is 1. The first-order valence-corrected chi connectivity index (χ1v) is 6.08. The van der Waals surface area contributed by atoms with Gasteiger partial charge in [-0.2, -0.15) is 0 Å². The highest BCUT2D eigenvalue weighted by atomic mass is 16.5. The molecule has 0 aliphatic rings. The third-order valence-corrected chi connectivity index (χ3v) is 2.71. The summed E-state index contributed by atoms with van der Waals surface area (Å²) in [4.78, 5) is 11.9.